The van der Waals surface area contributed by atoms with Gasteiger partial charge >= 0.3 is 0 Å². The largest absolute Gasteiger partial charge is 0.493 e. The van der Waals surface area contributed by atoms with Crippen molar-refractivity contribution in [3.05, 3.63) is 139 Å². The number of non-ortho nitro benzene ring substituents is 2. The summed E-state index contributed by atoms with van der Waals surface area (Å²) in [5, 5.41) is 27.9. The predicted octanol–water partition coefficient (Wildman–Crippen LogP) is 5.60. The number of methoxy groups -OCH3 is 1. The van der Waals surface area contributed by atoms with Gasteiger partial charge in [0.05, 0.1) is 17.0 Å². The molecule has 0 unspecified atom stereocenters. The van der Waals surface area contributed by atoms with Crippen LogP contribution < -0.4 is 20.1 Å². The van der Waals surface area contributed by atoms with E-state index in [0.29, 0.717) is 22.1 Å². The molecule has 0 radical (unpaired) electrons. The van der Waals surface area contributed by atoms with Gasteiger partial charge in [0.25, 0.3) is 23.2 Å². The fourth-order valence-electron chi connectivity index (χ4n) is 3.85. The number of nitrogens with one attached hydrogen (secondary N) is 2. The third-order valence-electron chi connectivity index (χ3n) is 6.09. The van der Waals surface area contributed by atoms with Gasteiger partial charge in [-0.1, -0.05) is 35.9 Å². The molecule has 2 amide bonds. The predicted molar refractivity (Wildman–Crippen MR) is 153 cm³/mol. The van der Waals surface area contributed by atoms with Crippen LogP contribution >= 0.6 is 11.6 Å². The lowest BCUT2D eigenvalue weighted by atomic mass is 10.1. The second-order valence-electron chi connectivity index (χ2n) is 8.78. The third kappa shape index (κ3) is 7.17. The van der Waals surface area contributed by atoms with E-state index in [9.17, 15) is 29.8 Å². The average Bonchev–Trinajstić information content (AvgIpc) is 3.00. The van der Waals surface area contributed by atoms with E-state index < -0.39 is 27.8 Å². The molecule has 2 N–H and O–H groups in total. The Hall–Kier alpha value is -5.49. The van der Waals surface area contributed by atoms with E-state index in [4.69, 9.17) is 21.1 Å². The number of hydrogen-bond donors (Lipinski definition) is 2. The molecule has 0 aromatic heterocycles. The minimum absolute atomic E-state index is 0.113. The number of nitro groups is 2. The van der Waals surface area contributed by atoms with Gasteiger partial charge in [-0.2, -0.15) is 0 Å². The minimum Gasteiger partial charge on any atom is -0.493 e. The average molecular weight is 591 g/mol. The number of ether oxygens (including phenoxy) is 2. The molecule has 12 nitrogen and oxygen atoms in total. The van der Waals surface area contributed by atoms with Crippen LogP contribution in [-0.2, 0) is 6.61 Å². The first-order chi connectivity index (χ1) is 20.2. The van der Waals surface area contributed by atoms with Gasteiger partial charge in [0.2, 0.25) is 0 Å². The Kier molecular flexibility index (Phi) is 9.30. The molecule has 0 aliphatic heterocycles. The molecule has 0 saturated carbocycles. The van der Waals surface area contributed by atoms with Crippen LogP contribution in [0.2, 0.25) is 5.02 Å². The molecule has 42 heavy (non-hydrogen) atoms. The third-order valence-corrected chi connectivity index (χ3v) is 6.46. The lowest BCUT2D eigenvalue weighted by Crippen LogP contribution is -2.41. The van der Waals surface area contributed by atoms with Gasteiger partial charge in [0.1, 0.15) is 12.8 Å². The van der Waals surface area contributed by atoms with Crippen molar-refractivity contribution in [2.24, 2.45) is 0 Å². The smallest absolute Gasteiger partial charge is 0.269 e. The van der Waals surface area contributed by atoms with Crippen molar-refractivity contribution in [1.82, 2.24) is 10.6 Å². The van der Waals surface area contributed by atoms with Crippen LogP contribution in [0.4, 0.5) is 11.4 Å². The first-order valence-corrected chi connectivity index (χ1v) is 12.7. The number of carbonyl (C=O) groups excluding carboxylic acids is 2. The van der Waals surface area contributed by atoms with Gasteiger partial charge in [-0.15, -0.1) is 0 Å². The number of amides is 2. The highest BCUT2D eigenvalue weighted by Crippen LogP contribution is 2.31. The second kappa shape index (κ2) is 13.2. The van der Waals surface area contributed by atoms with Crippen molar-refractivity contribution in [1.29, 1.82) is 0 Å². The lowest BCUT2D eigenvalue weighted by molar-refractivity contribution is -0.385. The minimum atomic E-state index is -1.11. The van der Waals surface area contributed by atoms with Gasteiger partial charge < -0.3 is 20.1 Å². The van der Waals surface area contributed by atoms with Crippen molar-refractivity contribution < 1.29 is 28.9 Å². The molecule has 4 aromatic carbocycles. The fourth-order valence-corrected chi connectivity index (χ4v) is 4.04. The molecule has 0 saturated heterocycles. The maximum atomic E-state index is 13.1. The second-order valence-corrected chi connectivity index (χ2v) is 9.19. The molecule has 13 heteroatoms. The Balaban J connectivity index is 1.61. The Bertz CT molecular complexity index is 1560. The standard InChI is InChI=1S/C29H23ClN4O8/c1-41-26-16-20(10-15-25(26)42-17-21-4-2-3-5-24(21)30)27(31-28(35)18-6-11-22(12-7-18)33(37)38)32-29(36)19-8-13-23(14-9-19)34(39)40/h2-16,27H,17H2,1H3,(H,31,35)(H,32,36). The van der Waals surface area contributed by atoms with Crippen LogP contribution in [0.3, 0.4) is 0 Å². The molecular weight excluding hydrogens is 568 g/mol. The highest BCUT2D eigenvalue weighted by Gasteiger charge is 2.22. The van der Waals surface area contributed by atoms with Crippen LogP contribution in [0.5, 0.6) is 11.5 Å². The van der Waals surface area contributed by atoms with Crippen LogP contribution in [-0.4, -0.2) is 28.8 Å². The lowest BCUT2D eigenvalue weighted by Gasteiger charge is -2.22. The zero-order valence-corrected chi connectivity index (χ0v) is 22.7. The van der Waals surface area contributed by atoms with E-state index in [2.05, 4.69) is 10.6 Å². The number of halogens is 1. The van der Waals surface area contributed by atoms with E-state index in [-0.39, 0.29) is 29.1 Å². The Morgan fingerprint density at radius 3 is 1.79 bits per heavy atom. The number of nitro benzene ring substituents is 2. The topological polar surface area (TPSA) is 163 Å². The van der Waals surface area contributed by atoms with Crippen molar-refractivity contribution in [2.45, 2.75) is 12.8 Å². The Labute approximate surface area is 244 Å². The number of carbonyl (C=O) groups is 2. The Morgan fingerprint density at radius 2 is 1.31 bits per heavy atom. The highest BCUT2D eigenvalue weighted by molar-refractivity contribution is 6.31. The van der Waals surface area contributed by atoms with E-state index in [0.717, 1.165) is 5.56 Å². The van der Waals surface area contributed by atoms with Crippen molar-refractivity contribution in [3.63, 3.8) is 0 Å². The Morgan fingerprint density at radius 1 is 0.786 bits per heavy atom. The molecular formula is C29H23ClN4O8. The quantitative estimate of drug-likeness (QED) is 0.129. The molecule has 0 heterocycles. The zero-order valence-electron chi connectivity index (χ0n) is 22.0. The maximum Gasteiger partial charge on any atom is 0.269 e. The maximum absolute atomic E-state index is 13.1. The SMILES string of the molecule is COc1cc(C(NC(=O)c2ccc([N+](=O)[O-])cc2)NC(=O)c2ccc([N+](=O)[O-])cc2)ccc1OCc1ccccc1Cl. The summed E-state index contributed by atoms with van der Waals surface area (Å²) in [5.74, 6) is -0.573. The van der Waals surface area contributed by atoms with E-state index >= 15 is 0 Å². The molecule has 0 atom stereocenters. The summed E-state index contributed by atoms with van der Waals surface area (Å²) in [6.07, 6.45) is -1.11. The molecule has 0 aliphatic carbocycles. The molecule has 0 fully saturated rings. The van der Waals surface area contributed by atoms with E-state index in [1.165, 1.54) is 55.6 Å². The number of rotatable bonds is 11. The monoisotopic (exact) mass is 590 g/mol. The normalized spacial score (nSPS) is 10.5. The number of benzene rings is 4. The van der Waals surface area contributed by atoms with Crippen molar-refractivity contribution in [2.75, 3.05) is 7.11 Å². The number of hydrogen-bond acceptors (Lipinski definition) is 8. The van der Waals surface area contributed by atoms with Gasteiger partial charge in [-0.05, 0) is 48.0 Å². The molecule has 0 spiro atoms. The fraction of sp³-hybridized carbons (Fsp3) is 0.103. The van der Waals surface area contributed by atoms with Crippen molar-refractivity contribution >= 4 is 34.8 Å². The van der Waals surface area contributed by atoms with Crippen LogP contribution in [0.25, 0.3) is 0 Å². The van der Waals surface area contributed by atoms with Crippen molar-refractivity contribution in [3.8, 4) is 11.5 Å². The summed E-state index contributed by atoms with van der Waals surface area (Å²) >= 11 is 6.22. The summed E-state index contributed by atoms with van der Waals surface area (Å²) in [6.45, 7) is 0.159. The summed E-state index contributed by atoms with van der Waals surface area (Å²) in [7, 11) is 1.43. The summed E-state index contributed by atoms with van der Waals surface area (Å²) in [6, 6.07) is 21.9. The number of nitrogens with zero attached hydrogens (tertiary/aromatic N) is 2. The molecule has 214 valence electrons. The van der Waals surface area contributed by atoms with Crippen LogP contribution in [0, 0.1) is 20.2 Å². The summed E-state index contributed by atoms with van der Waals surface area (Å²) < 4.78 is 11.4. The van der Waals surface area contributed by atoms with Gasteiger partial charge in [0.15, 0.2) is 11.5 Å². The van der Waals surface area contributed by atoms with Crippen LogP contribution in [0.15, 0.2) is 91.0 Å². The summed E-state index contributed by atoms with van der Waals surface area (Å²) in [5.41, 5.74) is 1.01. The molecule has 4 aromatic rings. The first kappa shape index (κ1) is 29.5. The molecule has 4 rings (SSSR count). The molecule has 0 aliphatic rings. The zero-order chi connectivity index (χ0) is 30.2. The summed E-state index contributed by atoms with van der Waals surface area (Å²) in [4.78, 5) is 47.0. The van der Waals surface area contributed by atoms with Crippen LogP contribution in [0.1, 0.15) is 38.0 Å². The van der Waals surface area contributed by atoms with E-state index in [1.807, 2.05) is 12.1 Å². The van der Waals surface area contributed by atoms with E-state index in [1.54, 1.807) is 30.3 Å². The molecule has 0 bridgehead atoms. The van der Waals surface area contributed by atoms with Gasteiger partial charge in [-0.25, -0.2) is 0 Å². The van der Waals surface area contributed by atoms with Gasteiger partial charge in [-0.3, -0.25) is 29.8 Å². The first-order valence-electron chi connectivity index (χ1n) is 12.3. The van der Waals surface area contributed by atoms with Gasteiger partial charge in [0, 0.05) is 46.0 Å². The highest BCUT2D eigenvalue weighted by atomic mass is 35.5.